The van der Waals surface area contributed by atoms with Crippen LogP contribution in [0.5, 0.6) is 11.5 Å². The van der Waals surface area contributed by atoms with E-state index in [1.165, 1.54) is 0 Å². The van der Waals surface area contributed by atoms with Crippen LogP contribution in [0.4, 0.5) is 0 Å². The van der Waals surface area contributed by atoms with Gasteiger partial charge < -0.3 is 15.2 Å². The third kappa shape index (κ3) is 3.11. The van der Waals surface area contributed by atoms with E-state index in [9.17, 15) is 0 Å². The third-order valence-electron chi connectivity index (χ3n) is 2.10. The highest BCUT2D eigenvalue weighted by Crippen LogP contribution is 2.33. The quantitative estimate of drug-likeness (QED) is 0.916. The molecule has 0 aromatic heterocycles. The summed E-state index contributed by atoms with van der Waals surface area (Å²) in [5.74, 6) is 1.61. The first-order valence-corrected chi connectivity index (χ1v) is 5.53. The highest BCUT2D eigenvalue weighted by molar-refractivity contribution is 9.10. The molecule has 0 aliphatic carbocycles. The van der Waals surface area contributed by atoms with Crippen molar-refractivity contribution in [3.63, 3.8) is 0 Å². The van der Waals surface area contributed by atoms with Crippen LogP contribution in [0.15, 0.2) is 16.6 Å². The summed E-state index contributed by atoms with van der Waals surface area (Å²) in [5, 5.41) is 0. The van der Waals surface area contributed by atoms with Crippen molar-refractivity contribution in [2.24, 2.45) is 5.73 Å². The van der Waals surface area contributed by atoms with Crippen LogP contribution in [0.3, 0.4) is 0 Å². The summed E-state index contributed by atoms with van der Waals surface area (Å²) >= 11 is 3.40. The molecule has 0 spiro atoms. The highest BCUT2D eigenvalue weighted by atomic mass is 79.9. The molecule has 1 rings (SSSR count). The third-order valence-corrected chi connectivity index (χ3v) is 2.56. The normalized spacial score (nSPS) is 12.3. The molecule has 0 radical (unpaired) electrons. The summed E-state index contributed by atoms with van der Waals surface area (Å²) in [4.78, 5) is 0. The smallest absolute Gasteiger partial charge is 0.126 e. The summed E-state index contributed by atoms with van der Waals surface area (Å²) in [7, 11) is 3.29. The molecule has 15 heavy (non-hydrogen) atoms. The summed E-state index contributed by atoms with van der Waals surface area (Å²) in [6, 6.07) is 3.91. The molecule has 2 N–H and O–H groups in total. The molecule has 0 saturated heterocycles. The average Bonchev–Trinajstić information content (AvgIpc) is 2.19. The van der Waals surface area contributed by atoms with Gasteiger partial charge in [0.15, 0.2) is 0 Å². The van der Waals surface area contributed by atoms with E-state index in [1.54, 1.807) is 14.2 Å². The lowest BCUT2D eigenvalue weighted by Gasteiger charge is -2.15. The van der Waals surface area contributed by atoms with Gasteiger partial charge in [-0.25, -0.2) is 0 Å². The first-order valence-electron chi connectivity index (χ1n) is 4.74. The lowest BCUT2D eigenvalue weighted by Crippen LogP contribution is -2.18. The van der Waals surface area contributed by atoms with Gasteiger partial charge in [-0.1, -0.05) is 15.9 Å². The van der Waals surface area contributed by atoms with Crippen molar-refractivity contribution >= 4 is 15.9 Å². The highest BCUT2D eigenvalue weighted by Gasteiger charge is 2.13. The number of nitrogens with two attached hydrogens (primary N) is 1. The van der Waals surface area contributed by atoms with E-state index in [0.717, 1.165) is 28.0 Å². The molecule has 3 nitrogen and oxygen atoms in total. The van der Waals surface area contributed by atoms with Crippen molar-refractivity contribution < 1.29 is 9.47 Å². The van der Waals surface area contributed by atoms with Crippen LogP contribution >= 0.6 is 15.9 Å². The maximum Gasteiger partial charge on any atom is 0.126 e. The number of ether oxygens (including phenoxy) is 2. The molecule has 0 saturated carbocycles. The molecule has 84 valence electrons. The minimum atomic E-state index is 0.0778. The van der Waals surface area contributed by atoms with Gasteiger partial charge in [-0.2, -0.15) is 0 Å². The summed E-state index contributed by atoms with van der Waals surface area (Å²) < 4.78 is 11.5. The van der Waals surface area contributed by atoms with Gasteiger partial charge in [0.2, 0.25) is 0 Å². The van der Waals surface area contributed by atoms with Crippen LogP contribution in [-0.2, 0) is 6.42 Å². The minimum Gasteiger partial charge on any atom is -0.496 e. The number of rotatable bonds is 4. The van der Waals surface area contributed by atoms with Crippen molar-refractivity contribution in [2.45, 2.75) is 19.4 Å². The molecule has 0 aliphatic rings. The van der Waals surface area contributed by atoms with E-state index >= 15 is 0 Å². The minimum absolute atomic E-state index is 0.0778. The average molecular weight is 274 g/mol. The molecule has 0 aliphatic heterocycles. The van der Waals surface area contributed by atoms with Crippen LogP contribution < -0.4 is 15.2 Å². The fraction of sp³-hybridized carbons (Fsp3) is 0.455. The zero-order chi connectivity index (χ0) is 11.4. The molecule has 0 amide bonds. The molecule has 0 heterocycles. The van der Waals surface area contributed by atoms with Gasteiger partial charge >= 0.3 is 0 Å². The fourth-order valence-corrected chi connectivity index (χ4v) is 1.89. The Morgan fingerprint density at radius 2 is 1.73 bits per heavy atom. The number of methoxy groups -OCH3 is 2. The van der Waals surface area contributed by atoms with E-state index in [4.69, 9.17) is 15.2 Å². The Balaban J connectivity index is 3.18. The second kappa shape index (κ2) is 5.37. The number of benzene rings is 1. The predicted molar refractivity (Wildman–Crippen MR) is 64.6 cm³/mol. The Kier molecular flexibility index (Phi) is 4.42. The van der Waals surface area contributed by atoms with E-state index in [0.29, 0.717) is 0 Å². The molecule has 1 aromatic carbocycles. The van der Waals surface area contributed by atoms with Gasteiger partial charge in [0.05, 0.1) is 14.2 Å². The molecular formula is C11H16BrNO2. The van der Waals surface area contributed by atoms with Crippen LogP contribution in [-0.4, -0.2) is 20.3 Å². The predicted octanol–water partition coefficient (Wildman–Crippen LogP) is 2.36. The van der Waals surface area contributed by atoms with Crippen molar-refractivity contribution in [3.8, 4) is 11.5 Å². The molecule has 1 atom stereocenters. The second-order valence-corrected chi connectivity index (χ2v) is 4.39. The molecule has 0 bridgehead atoms. The standard InChI is InChI=1S/C11H16BrNO2/c1-7(13)4-9-10(14-2)5-8(12)6-11(9)15-3/h5-7H,4,13H2,1-3H3/t7-/m1/s1. The second-order valence-electron chi connectivity index (χ2n) is 3.47. The Bertz CT molecular complexity index is 314. The van der Waals surface area contributed by atoms with Crippen molar-refractivity contribution in [3.05, 3.63) is 22.2 Å². The number of halogens is 1. The maximum absolute atomic E-state index is 5.79. The number of hydrogen-bond donors (Lipinski definition) is 1. The van der Waals surface area contributed by atoms with Gasteiger partial charge in [0.25, 0.3) is 0 Å². The Morgan fingerprint density at radius 3 is 2.07 bits per heavy atom. The molecule has 1 aromatic rings. The SMILES string of the molecule is COc1cc(Br)cc(OC)c1C[C@@H](C)N. The summed E-state index contributed by atoms with van der Waals surface area (Å²) in [5.41, 5.74) is 6.80. The maximum atomic E-state index is 5.79. The fourth-order valence-electron chi connectivity index (χ4n) is 1.48. The van der Waals surface area contributed by atoms with Crippen molar-refractivity contribution in [1.29, 1.82) is 0 Å². The van der Waals surface area contributed by atoms with Gasteiger partial charge in [0.1, 0.15) is 11.5 Å². The largest absolute Gasteiger partial charge is 0.496 e. The Morgan fingerprint density at radius 1 is 1.27 bits per heavy atom. The summed E-state index contributed by atoms with van der Waals surface area (Å²) in [6.45, 7) is 1.96. The van der Waals surface area contributed by atoms with Gasteiger partial charge in [-0.05, 0) is 25.5 Å². The topological polar surface area (TPSA) is 44.5 Å². The van der Waals surface area contributed by atoms with Crippen molar-refractivity contribution in [2.75, 3.05) is 14.2 Å². The van der Waals surface area contributed by atoms with Gasteiger partial charge in [-0.15, -0.1) is 0 Å². The van der Waals surface area contributed by atoms with E-state index < -0.39 is 0 Å². The Labute approximate surface area is 98.7 Å². The lowest BCUT2D eigenvalue weighted by atomic mass is 10.1. The van der Waals surface area contributed by atoms with Crippen LogP contribution in [0.2, 0.25) is 0 Å². The van der Waals surface area contributed by atoms with Crippen LogP contribution in [0.1, 0.15) is 12.5 Å². The number of hydrogen-bond acceptors (Lipinski definition) is 3. The first-order chi connectivity index (χ1) is 7.08. The zero-order valence-corrected chi connectivity index (χ0v) is 10.8. The summed E-state index contributed by atoms with van der Waals surface area (Å²) in [6.07, 6.45) is 0.736. The molecular weight excluding hydrogens is 258 g/mol. The molecule has 4 heteroatoms. The van der Waals surface area contributed by atoms with Gasteiger partial charge in [-0.3, -0.25) is 0 Å². The monoisotopic (exact) mass is 273 g/mol. The van der Waals surface area contributed by atoms with Crippen molar-refractivity contribution in [1.82, 2.24) is 0 Å². The Hall–Kier alpha value is -0.740. The van der Waals surface area contributed by atoms with Crippen LogP contribution in [0, 0.1) is 0 Å². The molecule has 0 unspecified atom stereocenters. The lowest BCUT2D eigenvalue weighted by molar-refractivity contribution is 0.383. The van der Waals surface area contributed by atoms with E-state index in [2.05, 4.69) is 15.9 Å². The first kappa shape index (κ1) is 12.3. The molecule has 0 fully saturated rings. The van der Waals surface area contributed by atoms with E-state index in [1.807, 2.05) is 19.1 Å². The van der Waals surface area contributed by atoms with Crippen LogP contribution in [0.25, 0.3) is 0 Å². The van der Waals surface area contributed by atoms with E-state index in [-0.39, 0.29) is 6.04 Å². The van der Waals surface area contributed by atoms with Gasteiger partial charge in [0, 0.05) is 16.1 Å². The zero-order valence-electron chi connectivity index (χ0n) is 9.21.